The van der Waals surface area contributed by atoms with Gasteiger partial charge in [0, 0.05) is 23.7 Å². The largest absolute Gasteiger partial charge is 0.475 e. The Morgan fingerprint density at radius 1 is 1.36 bits per heavy atom. The van der Waals surface area contributed by atoms with Gasteiger partial charge in [0.1, 0.15) is 6.10 Å². The molecule has 0 bridgehead atoms. The summed E-state index contributed by atoms with van der Waals surface area (Å²) in [7, 11) is 0. The summed E-state index contributed by atoms with van der Waals surface area (Å²) in [6.45, 7) is 7.77. The number of allylic oxidation sites excluding steroid dienone is 4. The molecule has 150 valence electrons. The van der Waals surface area contributed by atoms with Crippen molar-refractivity contribution in [3.63, 3.8) is 0 Å². The van der Waals surface area contributed by atoms with E-state index in [0.717, 1.165) is 24.8 Å². The van der Waals surface area contributed by atoms with E-state index in [-0.39, 0.29) is 40.8 Å². The van der Waals surface area contributed by atoms with Gasteiger partial charge in [-0.1, -0.05) is 25.5 Å². The Hall–Kier alpha value is -1.75. The maximum absolute atomic E-state index is 12.9. The summed E-state index contributed by atoms with van der Waals surface area (Å²) in [4.78, 5) is 29.6. The number of ether oxygens (including phenoxy) is 1. The van der Waals surface area contributed by atoms with Crippen LogP contribution in [-0.2, 0) is 14.3 Å². The molecule has 0 spiro atoms. The number of rotatable bonds is 1. The second kappa shape index (κ2) is 5.44. The van der Waals surface area contributed by atoms with E-state index in [4.69, 9.17) is 9.73 Å². The van der Waals surface area contributed by atoms with E-state index < -0.39 is 17.1 Å². The van der Waals surface area contributed by atoms with Crippen molar-refractivity contribution in [2.24, 2.45) is 33.6 Å². The van der Waals surface area contributed by atoms with E-state index in [0.29, 0.717) is 12.3 Å². The first-order valence-corrected chi connectivity index (χ1v) is 10.5. The van der Waals surface area contributed by atoms with E-state index in [2.05, 4.69) is 13.8 Å². The van der Waals surface area contributed by atoms with E-state index >= 15 is 0 Å². The fraction of sp³-hybridized carbons (Fsp3) is 0.696. The number of fused-ring (bicyclic) bond motifs is 7. The molecule has 5 aliphatic rings. The normalized spacial score (nSPS) is 51.3. The van der Waals surface area contributed by atoms with E-state index in [1.165, 1.54) is 0 Å². The van der Waals surface area contributed by atoms with Crippen LogP contribution in [-0.4, -0.2) is 40.3 Å². The Balaban J connectivity index is 1.61. The molecule has 0 saturated heterocycles. The zero-order valence-corrected chi connectivity index (χ0v) is 17.1. The Morgan fingerprint density at radius 2 is 2.11 bits per heavy atom. The van der Waals surface area contributed by atoms with Gasteiger partial charge in [-0.2, -0.15) is 0 Å². The molecule has 0 aromatic heterocycles. The van der Waals surface area contributed by atoms with E-state index in [9.17, 15) is 14.7 Å². The van der Waals surface area contributed by atoms with Crippen LogP contribution in [0.3, 0.4) is 0 Å². The number of nitrogens with zero attached hydrogens (tertiary/aromatic N) is 1. The van der Waals surface area contributed by atoms with Crippen LogP contribution >= 0.6 is 0 Å². The lowest BCUT2D eigenvalue weighted by Crippen LogP contribution is -2.61. The Kier molecular flexibility index (Phi) is 3.55. The van der Waals surface area contributed by atoms with E-state index in [1.807, 2.05) is 13.0 Å². The maximum Gasteiger partial charge on any atom is 0.181 e. The highest BCUT2D eigenvalue weighted by molar-refractivity contribution is 6.01. The zero-order chi connectivity index (χ0) is 20.1. The molecule has 4 aliphatic carbocycles. The Labute approximate surface area is 165 Å². The number of aliphatic hydroxyl groups is 1. The average molecular weight is 383 g/mol. The lowest BCUT2D eigenvalue weighted by atomic mass is 9.46. The number of aliphatic hydroxyl groups excluding tert-OH is 1. The third-order valence-corrected chi connectivity index (χ3v) is 8.87. The van der Waals surface area contributed by atoms with Gasteiger partial charge in [-0.3, -0.25) is 9.59 Å². The second-order valence-electron chi connectivity index (χ2n) is 10.0. The Morgan fingerprint density at radius 3 is 2.82 bits per heavy atom. The molecule has 1 heterocycles. The molecule has 3 saturated carbocycles. The highest BCUT2D eigenvalue weighted by Crippen LogP contribution is 2.69. The van der Waals surface area contributed by atoms with Gasteiger partial charge in [-0.15, -0.1) is 0 Å². The van der Waals surface area contributed by atoms with Crippen molar-refractivity contribution in [2.75, 3.05) is 0 Å². The van der Waals surface area contributed by atoms with Crippen molar-refractivity contribution in [1.82, 2.24) is 0 Å². The molecule has 0 radical (unpaired) electrons. The quantitative estimate of drug-likeness (QED) is 0.755. The first-order valence-electron chi connectivity index (χ1n) is 10.5. The monoisotopic (exact) mass is 383 g/mol. The van der Waals surface area contributed by atoms with Crippen LogP contribution in [0.2, 0.25) is 0 Å². The minimum atomic E-state index is -0.872. The predicted molar refractivity (Wildman–Crippen MR) is 105 cm³/mol. The van der Waals surface area contributed by atoms with Crippen LogP contribution in [0.15, 0.2) is 28.8 Å². The summed E-state index contributed by atoms with van der Waals surface area (Å²) in [5.41, 5.74) is -0.427. The molecular formula is C23H29NO4. The van der Waals surface area contributed by atoms with Crippen molar-refractivity contribution in [3.8, 4) is 0 Å². The third kappa shape index (κ3) is 1.94. The average Bonchev–Trinajstić information content (AvgIpc) is 3.06. The molecule has 6 unspecified atom stereocenters. The highest BCUT2D eigenvalue weighted by atomic mass is 16.5. The fourth-order valence-electron chi connectivity index (χ4n) is 7.84. The number of hydrogen-bond acceptors (Lipinski definition) is 5. The molecular weight excluding hydrogens is 354 g/mol. The summed E-state index contributed by atoms with van der Waals surface area (Å²) < 4.78 is 6.05. The standard InChI is InChI=1S/C23H29NO4/c1-12(25)23-19(28-13(2)24-23)10-17-16-6-5-14-9-15(26)7-8-21(14,3)20(16)18(27)11-22(17,23)4/h7-9,16-20,27H,5-6,10-11H2,1-4H3/t16?,17?,18?,19?,20?,21-,22-,23?/m0/s1. The van der Waals surface area contributed by atoms with Gasteiger partial charge in [-0.25, -0.2) is 4.99 Å². The number of aliphatic imine (C=N–C) groups is 1. The molecule has 5 heteroatoms. The van der Waals surface area contributed by atoms with Crippen LogP contribution in [0.4, 0.5) is 0 Å². The molecule has 5 nitrogen and oxygen atoms in total. The first-order chi connectivity index (χ1) is 13.1. The molecule has 0 aromatic carbocycles. The van der Waals surface area contributed by atoms with Gasteiger partial charge in [-0.05, 0) is 56.6 Å². The molecule has 0 amide bonds. The predicted octanol–water partition coefficient (Wildman–Crippen LogP) is 3.02. The molecule has 28 heavy (non-hydrogen) atoms. The van der Waals surface area contributed by atoms with Crippen molar-refractivity contribution in [2.45, 2.75) is 71.1 Å². The summed E-state index contributed by atoms with van der Waals surface area (Å²) in [6.07, 6.45) is 7.84. The van der Waals surface area contributed by atoms with Crippen molar-refractivity contribution >= 4 is 17.5 Å². The number of carbonyl (C=O) groups excluding carboxylic acids is 2. The summed E-state index contributed by atoms with van der Waals surface area (Å²) >= 11 is 0. The SMILES string of the molecule is CC(=O)C12N=C(C)OC1CC1C3CCC4=CC(=O)C=C[C@]4(C)C3C(O)C[C@@]12C. The lowest BCUT2D eigenvalue weighted by Gasteiger charge is -2.59. The summed E-state index contributed by atoms with van der Waals surface area (Å²) in [5.74, 6) is 1.31. The lowest BCUT2D eigenvalue weighted by molar-refractivity contribution is -0.142. The smallest absolute Gasteiger partial charge is 0.181 e. The van der Waals surface area contributed by atoms with Crippen LogP contribution < -0.4 is 0 Å². The zero-order valence-electron chi connectivity index (χ0n) is 17.1. The Bertz CT molecular complexity index is 872. The summed E-state index contributed by atoms with van der Waals surface area (Å²) in [6, 6.07) is 0. The highest BCUT2D eigenvalue weighted by Gasteiger charge is 2.73. The van der Waals surface area contributed by atoms with Gasteiger partial charge in [0.2, 0.25) is 0 Å². The first kappa shape index (κ1) is 18.3. The fourth-order valence-corrected chi connectivity index (χ4v) is 7.84. The van der Waals surface area contributed by atoms with E-state index in [1.54, 1.807) is 19.1 Å². The van der Waals surface area contributed by atoms with Gasteiger partial charge >= 0.3 is 0 Å². The van der Waals surface area contributed by atoms with Crippen LogP contribution in [0.1, 0.15) is 53.4 Å². The molecule has 1 N–H and O–H groups in total. The molecule has 8 atom stereocenters. The second-order valence-corrected chi connectivity index (χ2v) is 10.0. The third-order valence-electron chi connectivity index (χ3n) is 8.87. The molecule has 5 rings (SSSR count). The van der Waals surface area contributed by atoms with Gasteiger partial charge < -0.3 is 9.84 Å². The van der Waals surface area contributed by atoms with Gasteiger partial charge in [0.25, 0.3) is 0 Å². The number of carbonyl (C=O) groups is 2. The number of hydrogen-bond donors (Lipinski definition) is 1. The molecule has 0 aromatic rings. The minimum absolute atomic E-state index is 0.0465. The van der Waals surface area contributed by atoms with Gasteiger partial charge in [0.05, 0.1) is 6.10 Å². The topological polar surface area (TPSA) is 76.0 Å². The maximum atomic E-state index is 12.9. The van der Waals surface area contributed by atoms with Gasteiger partial charge in [0.15, 0.2) is 23.0 Å². The van der Waals surface area contributed by atoms with Crippen LogP contribution in [0.5, 0.6) is 0 Å². The van der Waals surface area contributed by atoms with Crippen LogP contribution in [0.25, 0.3) is 0 Å². The minimum Gasteiger partial charge on any atom is -0.475 e. The summed E-state index contributed by atoms with van der Waals surface area (Å²) in [5, 5.41) is 11.4. The van der Waals surface area contributed by atoms with Crippen LogP contribution in [0, 0.1) is 28.6 Å². The van der Waals surface area contributed by atoms with Crippen molar-refractivity contribution in [3.05, 3.63) is 23.8 Å². The van der Waals surface area contributed by atoms with Crippen molar-refractivity contribution < 1.29 is 19.4 Å². The molecule has 1 aliphatic heterocycles. The number of Topliss-reactive ketones (excluding diaryl/α,β-unsaturated/α-hetero) is 1. The molecule has 3 fully saturated rings. The number of ketones is 2. The van der Waals surface area contributed by atoms with Crippen molar-refractivity contribution in [1.29, 1.82) is 0 Å².